The minimum Gasteiger partial charge on any atom is -0.473 e. The van der Waals surface area contributed by atoms with Crippen molar-refractivity contribution < 1.29 is 27.1 Å². The average molecular weight is 400 g/mol. The summed E-state index contributed by atoms with van der Waals surface area (Å²) in [5.41, 5.74) is -0.187. The fourth-order valence-electron chi connectivity index (χ4n) is 2.80. The van der Waals surface area contributed by atoms with Gasteiger partial charge in [-0.05, 0) is 37.8 Å². The van der Waals surface area contributed by atoms with Crippen LogP contribution in [0.1, 0.15) is 33.1 Å². The minimum atomic E-state index is -3.71. The van der Waals surface area contributed by atoms with Crippen LogP contribution < -0.4 is 4.74 Å². The van der Waals surface area contributed by atoms with E-state index in [1.807, 2.05) is 6.92 Å². The lowest BCUT2D eigenvalue weighted by molar-refractivity contribution is -0.153. The highest BCUT2D eigenvalue weighted by molar-refractivity contribution is 7.89. The zero-order chi connectivity index (χ0) is 20.1. The predicted octanol–water partition coefficient (Wildman–Crippen LogP) is 2.69. The van der Waals surface area contributed by atoms with Crippen LogP contribution in [0.5, 0.6) is 5.88 Å². The van der Waals surface area contributed by atoms with Crippen LogP contribution in [-0.2, 0) is 19.6 Å². The third kappa shape index (κ3) is 4.84. The van der Waals surface area contributed by atoms with Gasteiger partial charge in [-0.1, -0.05) is 6.92 Å². The molecule has 2 heterocycles. The van der Waals surface area contributed by atoms with Crippen molar-refractivity contribution in [3.63, 3.8) is 0 Å². The van der Waals surface area contributed by atoms with Crippen molar-refractivity contribution in [3.05, 3.63) is 30.2 Å². The molecule has 1 fully saturated rings. The highest BCUT2D eigenvalue weighted by atomic mass is 32.2. The van der Waals surface area contributed by atoms with E-state index in [-0.39, 0.29) is 36.4 Å². The van der Waals surface area contributed by atoms with Gasteiger partial charge in [0.25, 0.3) is 0 Å². The van der Waals surface area contributed by atoms with Crippen molar-refractivity contribution >= 4 is 16.0 Å². The molecule has 7 nitrogen and oxygen atoms in total. The van der Waals surface area contributed by atoms with Crippen molar-refractivity contribution in [1.82, 2.24) is 9.29 Å². The Hall–Kier alpha value is -2.00. The van der Waals surface area contributed by atoms with Gasteiger partial charge < -0.3 is 9.47 Å². The van der Waals surface area contributed by atoms with Crippen molar-refractivity contribution in [3.8, 4) is 5.88 Å². The smallest absolute Gasteiger partial charge is 0.311 e. The van der Waals surface area contributed by atoms with E-state index in [1.54, 1.807) is 6.92 Å². The first-order chi connectivity index (χ1) is 12.8. The Morgan fingerprint density at radius 1 is 1.37 bits per heavy atom. The number of halogens is 1. The average Bonchev–Trinajstić information content (AvgIpc) is 2.68. The van der Waals surface area contributed by atoms with Gasteiger partial charge in [0.1, 0.15) is 11.5 Å². The maximum Gasteiger partial charge on any atom is 0.311 e. The summed E-state index contributed by atoms with van der Waals surface area (Å²) in [5, 5.41) is 0. The van der Waals surface area contributed by atoms with Crippen molar-refractivity contribution in [1.29, 1.82) is 0 Å². The molecule has 0 spiro atoms. The predicted molar refractivity (Wildman–Crippen MR) is 97.3 cm³/mol. The fraction of sp³-hybridized carbons (Fsp3) is 0.556. The van der Waals surface area contributed by atoms with Gasteiger partial charge in [-0.3, -0.25) is 4.79 Å². The quantitative estimate of drug-likeness (QED) is 0.654. The first-order valence-corrected chi connectivity index (χ1v) is 10.2. The molecule has 1 aliphatic heterocycles. The van der Waals surface area contributed by atoms with Gasteiger partial charge in [-0.25, -0.2) is 17.8 Å². The number of nitrogens with zero attached hydrogens (tertiary/aromatic N) is 2. The number of piperidine rings is 1. The minimum absolute atomic E-state index is 0.0493. The van der Waals surface area contributed by atoms with Crippen LogP contribution in [0.25, 0.3) is 0 Å². The summed E-state index contributed by atoms with van der Waals surface area (Å²) < 4.78 is 49.6. The number of carbonyl (C=O) groups is 1. The molecule has 0 radical (unpaired) electrons. The normalized spacial score (nSPS) is 18.1. The standard InChI is InChI=1S/C18H25FN2O5S/c1-4-14(11-19)13-26-16-6-5-15(12-20-16)27(23,24)21-9-7-18(2,8-10-21)17(22)25-3/h5-6,11-12H,4,7-10,13H2,1-3H3/b14-11+. The van der Waals surface area contributed by atoms with Crippen LogP contribution >= 0.6 is 0 Å². The molecule has 1 aromatic heterocycles. The number of ether oxygens (including phenoxy) is 2. The van der Waals surface area contributed by atoms with Crippen LogP contribution in [0, 0.1) is 5.41 Å². The molecule has 1 aliphatic rings. The van der Waals surface area contributed by atoms with Crippen LogP contribution in [0.4, 0.5) is 4.39 Å². The number of esters is 1. The van der Waals surface area contributed by atoms with Crippen LogP contribution in [-0.4, -0.2) is 50.5 Å². The molecule has 1 aromatic rings. The summed E-state index contributed by atoms with van der Waals surface area (Å²) in [7, 11) is -2.38. The van der Waals surface area contributed by atoms with E-state index >= 15 is 0 Å². The van der Waals surface area contributed by atoms with E-state index in [0.717, 1.165) is 0 Å². The molecule has 150 valence electrons. The molecule has 9 heteroatoms. The van der Waals surface area contributed by atoms with Crippen LogP contribution in [0.3, 0.4) is 0 Å². The Morgan fingerprint density at radius 3 is 2.52 bits per heavy atom. The monoisotopic (exact) mass is 400 g/mol. The highest BCUT2D eigenvalue weighted by Crippen LogP contribution is 2.34. The van der Waals surface area contributed by atoms with Gasteiger partial charge >= 0.3 is 5.97 Å². The summed E-state index contributed by atoms with van der Waals surface area (Å²) in [5.74, 6) is -0.102. The molecule has 0 atom stereocenters. The van der Waals surface area contributed by atoms with Gasteiger partial charge in [-0.15, -0.1) is 0 Å². The summed E-state index contributed by atoms with van der Waals surface area (Å²) in [6.07, 6.45) is 3.02. The van der Waals surface area contributed by atoms with Crippen LogP contribution in [0.2, 0.25) is 0 Å². The Labute approximate surface area is 159 Å². The second-order valence-corrected chi connectivity index (χ2v) is 8.64. The third-order valence-corrected chi connectivity index (χ3v) is 6.75. The maximum absolute atomic E-state index is 12.8. The van der Waals surface area contributed by atoms with E-state index in [9.17, 15) is 17.6 Å². The Bertz CT molecular complexity index is 784. The van der Waals surface area contributed by atoms with Gasteiger partial charge in [0.05, 0.1) is 25.1 Å². The summed E-state index contributed by atoms with van der Waals surface area (Å²) in [6.45, 7) is 4.11. The Kier molecular flexibility index (Phi) is 6.94. The molecule has 2 rings (SSSR count). The van der Waals surface area contributed by atoms with Gasteiger partial charge in [0.15, 0.2) is 0 Å². The number of methoxy groups -OCH3 is 1. The number of hydrogen-bond acceptors (Lipinski definition) is 6. The Balaban J connectivity index is 2.04. The lowest BCUT2D eigenvalue weighted by atomic mass is 9.81. The van der Waals surface area contributed by atoms with Gasteiger partial charge in [-0.2, -0.15) is 4.31 Å². The lowest BCUT2D eigenvalue weighted by Gasteiger charge is -2.36. The number of aromatic nitrogens is 1. The summed E-state index contributed by atoms with van der Waals surface area (Å²) in [6, 6.07) is 2.86. The fourth-order valence-corrected chi connectivity index (χ4v) is 4.19. The second-order valence-electron chi connectivity index (χ2n) is 6.70. The number of hydrogen-bond donors (Lipinski definition) is 0. The van der Waals surface area contributed by atoms with E-state index < -0.39 is 15.4 Å². The maximum atomic E-state index is 12.8. The van der Waals surface area contributed by atoms with Crippen molar-refractivity contribution in [2.24, 2.45) is 5.41 Å². The molecule has 0 saturated carbocycles. The molecule has 0 unspecified atom stereocenters. The summed E-state index contributed by atoms with van der Waals surface area (Å²) >= 11 is 0. The number of rotatable bonds is 7. The number of carbonyl (C=O) groups excluding carboxylic acids is 1. The molecule has 0 aromatic carbocycles. The van der Waals surface area contributed by atoms with Crippen molar-refractivity contribution in [2.45, 2.75) is 38.0 Å². The van der Waals surface area contributed by atoms with E-state index in [1.165, 1.54) is 29.7 Å². The molecule has 1 saturated heterocycles. The second kappa shape index (κ2) is 8.79. The molecular formula is C18H25FN2O5S. The SMILES string of the molecule is CC/C(=C\F)COc1ccc(S(=O)(=O)N2CCC(C)(C(=O)OC)CC2)cn1. The van der Waals surface area contributed by atoms with Gasteiger partial charge in [0, 0.05) is 19.2 Å². The molecule has 0 aliphatic carbocycles. The highest BCUT2D eigenvalue weighted by Gasteiger charge is 2.41. The topological polar surface area (TPSA) is 85.8 Å². The molecule has 0 N–H and O–H groups in total. The van der Waals surface area contributed by atoms with E-state index in [4.69, 9.17) is 9.47 Å². The first kappa shape index (κ1) is 21.3. The number of pyridine rings is 1. The molecule has 0 bridgehead atoms. The zero-order valence-corrected chi connectivity index (χ0v) is 16.6. The van der Waals surface area contributed by atoms with E-state index in [0.29, 0.717) is 31.2 Å². The molecular weight excluding hydrogens is 375 g/mol. The molecule has 0 amide bonds. The summed E-state index contributed by atoms with van der Waals surface area (Å²) in [4.78, 5) is 15.9. The largest absolute Gasteiger partial charge is 0.473 e. The Morgan fingerprint density at radius 2 is 2.04 bits per heavy atom. The van der Waals surface area contributed by atoms with E-state index in [2.05, 4.69) is 4.98 Å². The van der Waals surface area contributed by atoms with Crippen LogP contribution in [0.15, 0.2) is 35.1 Å². The van der Waals surface area contributed by atoms with Crippen molar-refractivity contribution in [2.75, 3.05) is 26.8 Å². The first-order valence-electron chi connectivity index (χ1n) is 8.72. The molecule has 27 heavy (non-hydrogen) atoms. The lowest BCUT2D eigenvalue weighted by Crippen LogP contribution is -2.45. The third-order valence-electron chi connectivity index (χ3n) is 4.87. The number of sulfonamides is 1. The zero-order valence-electron chi connectivity index (χ0n) is 15.8. The van der Waals surface area contributed by atoms with Gasteiger partial charge in [0.2, 0.25) is 15.9 Å².